The molecule has 0 bridgehead atoms. The molecule has 1 nitrogen and oxygen atoms in total. The van der Waals surface area contributed by atoms with Gasteiger partial charge < -0.3 is 5.73 Å². The topological polar surface area (TPSA) is 26.0 Å². The molecule has 68 valence electrons. The van der Waals surface area contributed by atoms with Crippen LogP contribution in [0.25, 0.3) is 6.08 Å². The van der Waals surface area contributed by atoms with E-state index in [1.165, 1.54) is 11.1 Å². The lowest BCUT2D eigenvalue weighted by atomic mass is 10.1. The van der Waals surface area contributed by atoms with Gasteiger partial charge in [-0.1, -0.05) is 54.2 Å². The molecule has 13 heavy (non-hydrogen) atoms. The van der Waals surface area contributed by atoms with Crippen molar-refractivity contribution in [2.24, 2.45) is 5.73 Å². The maximum Gasteiger partial charge on any atom is 0.0768 e. The highest BCUT2D eigenvalue weighted by Crippen LogP contribution is 2.08. The van der Waals surface area contributed by atoms with Crippen molar-refractivity contribution in [1.82, 2.24) is 0 Å². The molecule has 2 heteroatoms. The van der Waals surface area contributed by atoms with Crippen LogP contribution in [0.2, 0.25) is 0 Å². The van der Waals surface area contributed by atoms with Crippen LogP contribution in [0.3, 0.4) is 0 Å². The Morgan fingerprint density at radius 1 is 1.38 bits per heavy atom. The quantitative estimate of drug-likeness (QED) is 0.743. The number of benzene rings is 1. The minimum Gasteiger partial charge on any atom is -0.393 e. The molecule has 0 aliphatic rings. The largest absolute Gasteiger partial charge is 0.393 e. The second kappa shape index (κ2) is 4.77. The SMILES string of the molecule is C/C(=C\c1ccccc1)CC(N)=S. The molecule has 0 saturated heterocycles. The van der Waals surface area contributed by atoms with Gasteiger partial charge in [0.2, 0.25) is 0 Å². The van der Waals surface area contributed by atoms with E-state index in [0.717, 1.165) is 0 Å². The Morgan fingerprint density at radius 3 is 2.54 bits per heavy atom. The predicted molar refractivity (Wildman–Crippen MR) is 61.5 cm³/mol. The minimum absolute atomic E-state index is 0.546. The molecular weight excluding hydrogens is 178 g/mol. The van der Waals surface area contributed by atoms with Gasteiger partial charge in [0.15, 0.2) is 0 Å². The lowest BCUT2D eigenvalue weighted by molar-refractivity contribution is 1.28. The van der Waals surface area contributed by atoms with E-state index in [2.05, 4.69) is 18.2 Å². The standard InChI is InChI=1S/C11H13NS/c1-9(8-11(12)13)7-10-5-3-2-4-6-10/h2-7H,8H2,1H3,(H2,12,13)/b9-7+. The second-order valence-corrected chi connectivity index (χ2v) is 3.57. The highest BCUT2D eigenvalue weighted by atomic mass is 32.1. The van der Waals surface area contributed by atoms with E-state index in [-0.39, 0.29) is 0 Å². The average molecular weight is 191 g/mol. The summed E-state index contributed by atoms with van der Waals surface area (Å²) in [6, 6.07) is 10.1. The Kier molecular flexibility index (Phi) is 3.65. The van der Waals surface area contributed by atoms with Crippen LogP contribution in [0, 0.1) is 0 Å². The molecular formula is C11H13NS. The first-order valence-electron chi connectivity index (χ1n) is 4.19. The summed E-state index contributed by atoms with van der Waals surface area (Å²) in [7, 11) is 0. The molecule has 0 saturated carbocycles. The van der Waals surface area contributed by atoms with Gasteiger partial charge in [-0.2, -0.15) is 0 Å². The van der Waals surface area contributed by atoms with Crippen molar-refractivity contribution in [2.75, 3.05) is 0 Å². The molecule has 0 unspecified atom stereocenters. The Balaban J connectivity index is 2.71. The highest BCUT2D eigenvalue weighted by Gasteiger charge is 1.92. The molecule has 0 aliphatic carbocycles. The van der Waals surface area contributed by atoms with Crippen LogP contribution in [0.5, 0.6) is 0 Å². The first-order valence-corrected chi connectivity index (χ1v) is 4.60. The van der Waals surface area contributed by atoms with Crippen LogP contribution < -0.4 is 5.73 Å². The van der Waals surface area contributed by atoms with E-state index < -0.39 is 0 Å². The van der Waals surface area contributed by atoms with Gasteiger partial charge in [0.1, 0.15) is 0 Å². The van der Waals surface area contributed by atoms with Gasteiger partial charge in [-0.3, -0.25) is 0 Å². The fourth-order valence-corrected chi connectivity index (χ4v) is 1.39. The molecule has 0 amide bonds. The molecule has 0 spiro atoms. The molecule has 1 aromatic carbocycles. The summed E-state index contributed by atoms with van der Waals surface area (Å²) < 4.78 is 0. The van der Waals surface area contributed by atoms with Gasteiger partial charge >= 0.3 is 0 Å². The molecule has 0 aromatic heterocycles. The molecule has 0 atom stereocenters. The normalized spacial score (nSPS) is 11.3. The summed E-state index contributed by atoms with van der Waals surface area (Å²) in [5, 5.41) is 0. The zero-order valence-electron chi connectivity index (χ0n) is 7.66. The Labute approximate surface area is 84.3 Å². The lowest BCUT2D eigenvalue weighted by Crippen LogP contribution is -2.07. The van der Waals surface area contributed by atoms with Crippen LogP contribution in [0.1, 0.15) is 18.9 Å². The Bertz CT molecular complexity index is 314. The summed E-state index contributed by atoms with van der Waals surface area (Å²) in [5.74, 6) is 0. The fourth-order valence-electron chi connectivity index (χ4n) is 1.16. The number of rotatable bonds is 3. The molecule has 1 rings (SSSR count). The molecule has 1 aromatic rings. The van der Waals surface area contributed by atoms with E-state index in [0.29, 0.717) is 11.4 Å². The number of hydrogen-bond donors (Lipinski definition) is 1. The first-order chi connectivity index (χ1) is 6.18. The molecule has 0 radical (unpaired) electrons. The van der Waals surface area contributed by atoms with Crippen LogP contribution in [-0.4, -0.2) is 4.99 Å². The zero-order chi connectivity index (χ0) is 9.68. The van der Waals surface area contributed by atoms with E-state index in [9.17, 15) is 0 Å². The Hall–Kier alpha value is -1.15. The lowest BCUT2D eigenvalue weighted by Gasteiger charge is -1.98. The van der Waals surface area contributed by atoms with E-state index in [1.54, 1.807) is 0 Å². The van der Waals surface area contributed by atoms with Crippen LogP contribution >= 0.6 is 12.2 Å². The third kappa shape index (κ3) is 3.85. The van der Waals surface area contributed by atoms with Crippen LogP contribution in [-0.2, 0) is 0 Å². The van der Waals surface area contributed by atoms with Crippen molar-refractivity contribution >= 4 is 23.3 Å². The summed E-state index contributed by atoms with van der Waals surface area (Å²) in [5.41, 5.74) is 7.82. The highest BCUT2D eigenvalue weighted by molar-refractivity contribution is 7.80. The van der Waals surface area contributed by atoms with Crippen LogP contribution in [0.4, 0.5) is 0 Å². The van der Waals surface area contributed by atoms with Gasteiger partial charge in [-0.25, -0.2) is 0 Å². The van der Waals surface area contributed by atoms with Gasteiger partial charge in [0, 0.05) is 6.42 Å². The van der Waals surface area contributed by atoms with Gasteiger partial charge in [0.05, 0.1) is 4.99 Å². The van der Waals surface area contributed by atoms with E-state index in [4.69, 9.17) is 18.0 Å². The first kappa shape index (κ1) is 9.93. The molecule has 0 heterocycles. The third-order valence-electron chi connectivity index (χ3n) is 1.67. The van der Waals surface area contributed by atoms with Crippen molar-refractivity contribution in [1.29, 1.82) is 0 Å². The van der Waals surface area contributed by atoms with Crippen molar-refractivity contribution in [3.63, 3.8) is 0 Å². The summed E-state index contributed by atoms with van der Waals surface area (Å²) in [4.78, 5) is 0.546. The molecule has 2 N–H and O–H groups in total. The summed E-state index contributed by atoms with van der Waals surface area (Å²) in [6.07, 6.45) is 2.80. The number of hydrogen-bond acceptors (Lipinski definition) is 1. The van der Waals surface area contributed by atoms with Crippen molar-refractivity contribution in [3.8, 4) is 0 Å². The Morgan fingerprint density at radius 2 is 2.00 bits per heavy atom. The zero-order valence-corrected chi connectivity index (χ0v) is 8.47. The number of nitrogens with two attached hydrogens (primary N) is 1. The summed E-state index contributed by atoms with van der Waals surface area (Å²) in [6.45, 7) is 2.03. The van der Waals surface area contributed by atoms with Crippen molar-refractivity contribution in [3.05, 3.63) is 41.5 Å². The van der Waals surface area contributed by atoms with Crippen molar-refractivity contribution < 1.29 is 0 Å². The average Bonchev–Trinajstić information content (AvgIpc) is 2.04. The van der Waals surface area contributed by atoms with Crippen molar-refractivity contribution in [2.45, 2.75) is 13.3 Å². The van der Waals surface area contributed by atoms with E-state index in [1.807, 2.05) is 25.1 Å². The maximum atomic E-state index is 5.44. The second-order valence-electron chi connectivity index (χ2n) is 3.04. The summed E-state index contributed by atoms with van der Waals surface area (Å²) >= 11 is 4.82. The van der Waals surface area contributed by atoms with Gasteiger partial charge in [-0.15, -0.1) is 0 Å². The van der Waals surface area contributed by atoms with Gasteiger partial charge in [-0.05, 0) is 12.5 Å². The smallest absolute Gasteiger partial charge is 0.0768 e. The van der Waals surface area contributed by atoms with Gasteiger partial charge in [0.25, 0.3) is 0 Å². The molecule has 0 aliphatic heterocycles. The number of thiocarbonyl (C=S) groups is 1. The molecule has 0 fully saturated rings. The minimum atomic E-state index is 0.546. The third-order valence-corrected chi connectivity index (χ3v) is 1.81. The fraction of sp³-hybridized carbons (Fsp3) is 0.182. The monoisotopic (exact) mass is 191 g/mol. The predicted octanol–water partition coefficient (Wildman–Crippen LogP) is 2.77. The van der Waals surface area contributed by atoms with Crippen LogP contribution in [0.15, 0.2) is 35.9 Å². The van der Waals surface area contributed by atoms with E-state index >= 15 is 0 Å². The maximum absolute atomic E-state index is 5.44.